The van der Waals surface area contributed by atoms with Crippen molar-refractivity contribution in [3.8, 4) is 5.75 Å². The fraction of sp³-hybridized carbons (Fsp3) is 0.556. The highest BCUT2D eigenvalue weighted by Crippen LogP contribution is 2.45. The Hall–Kier alpha value is -2.18. The lowest BCUT2D eigenvalue weighted by Gasteiger charge is -2.22. The molecule has 2 fully saturated rings. The van der Waals surface area contributed by atoms with E-state index in [0.717, 1.165) is 23.3 Å². The molecule has 1 aromatic carbocycles. The molecule has 0 bridgehead atoms. The molecule has 7 heteroatoms. The average molecular weight is 352 g/mol. The number of alkyl halides is 2. The third-order valence-electron chi connectivity index (χ3n) is 4.50. The predicted molar refractivity (Wildman–Crippen MR) is 87.8 cm³/mol. The number of hydrogen-bond acceptors (Lipinski definition) is 3. The molecule has 2 N–H and O–H groups in total. The molecule has 1 heterocycles. The molecule has 2 aliphatic rings. The molecule has 1 aliphatic heterocycles. The van der Waals surface area contributed by atoms with Crippen LogP contribution in [0.3, 0.4) is 0 Å². The van der Waals surface area contributed by atoms with Crippen molar-refractivity contribution in [1.82, 2.24) is 4.90 Å². The summed E-state index contributed by atoms with van der Waals surface area (Å²) >= 11 is 0. The number of halogens is 2. The molecule has 0 radical (unpaired) electrons. The molecule has 3 rings (SSSR count). The van der Waals surface area contributed by atoms with Crippen LogP contribution in [-0.2, 0) is 4.79 Å². The Bertz CT molecular complexity index is 702. The highest BCUT2D eigenvalue weighted by atomic mass is 19.3. The number of primary amides is 1. The summed E-state index contributed by atoms with van der Waals surface area (Å²) in [5.74, 6) is -3.63. The van der Waals surface area contributed by atoms with Gasteiger partial charge in [0.1, 0.15) is 11.8 Å². The Morgan fingerprint density at radius 3 is 2.56 bits per heavy atom. The van der Waals surface area contributed by atoms with Crippen LogP contribution in [0.2, 0.25) is 0 Å². The lowest BCUT2D eigenvalue weighted by atomic mass is 10.0. The molecule has 1 atom stereocenters. The maximum atomic E-state index is 13.7. The minimum atomic E-state index is -3.11. The molecular weight excluding hydrogens is 330 g/mol. The number of benzene rings is 1. The summed E-state index contributed by atoms with van der Waals surface area (Å²) in [5.41, 5.74) is 6.46. The molecule has 1 saturated carbocycles. The van der Waals surface area contributed by atoms with E-state index in [9.17, 15) is 18.4 Å². The van der Waals surface area contributed by atoms with Crippen LogP contribution in [0.1, 0.15) is 54.9 Å². The second-order valence-electron chi connectivity index (χ2n) is 7.10. The topological polar surface area (TPSA) is 72.6 Å². The number of rotatable bonds is 5. The van der Waals surface area contributed by atoms with Gasteiger partial charge in [0, 0.05) is 12.0 Å². The van der Waals surface area contributed by atoms with Gasteiger partial charge in [0.25, 0.3) is 11.8 Å². The van der Waals surface area contributed by atoms with E-state index >= 15 is 0 Å². The zero-order valence-electron chi connectivity index (χ0n) is 14.3. The smallest absolute Gasteiger partial charge is 0.267 e. The monoisotopic (exact) mass is 352 g/mol. The van der Waals surface area contributed by atoms with Crippen molar-refractivity contribution >= 4 is 11.8 Å². The Kier molecular flexibility index (Phi) is 4.43. The Labute approximate surface area is 145 Å². The van der Waals surface area contributed by atoms with Crippen molar-refractivity contribution in [2.24, 2.45) is 5.73 Å². The Morgan fingerprint density at radius 1 is 1.32 bits per heavy atom. The first-order valence-corrected chi connectivity index (χ1v) is 8.46. The maximum Gasteiger partial charge on any atom is 0.267 e. The summed E-state index contributed by atoms with van der Waals surface area (Å²) in [6.45, 7) is 2.97. The zero-order chi connectivity index (χ0) is 18.4. The van der Waals surface area contributed by atoms with Crippen LogP contribution in [0.15, 0.2) is 18.2 Å². The number of nitrogens with two attached hydrogens (primary N) is 1. The van der Waals surface area contributed by atoms with Crippen molar-refractivity contribution in [1.29, 1.82) is 0 Å². The molecule has 0 aromatic heterocycles. The molecular formula is C18H22F2N2O3. The van der Waals surface area contributed by atoms with Gasteiger partial charge in [0.15, 0.2) is 0 Å². The van der Waals surface area contributed by atoms with Crippen molar-refractivity contribution < 1.29 is 23.1 Å². The standard InChI is InChI=1S/C18H22F2N2O3/c1-10(2)25-15-7-12(5-6-13(15)11-3-4-11)17(24)22-9-18(19,20)8-14(22)16(21)23/h5-7,10-11,14H,3-4,8-9H2,1-2H3,(H2,21,23)/t14-/m0/s1. The molecule has 136 valence electrons. The molecule has 0 unspecified atom stereocenters. The summed E-state index contributed by atoms with van der Waals surface area (Å²) in [7, 11) is 0. The van der Waals surface area contributed by atoms with Gasteiger partial charge in [-0.25, -0.2) is 8.78 Å². The van der Waals surface area contributed by atoms with Gasteiger partial charge in [-0.2, -0.15) is 0 Å². The molecule has 5 nitrogen and oxygen atoms in total. The van der Waals surface area contributed by atoms with Crippen LogP contribution < -0.4 is 10.5 Å². The number of hydrogen-bond donors (Lipinski definition) is 1. The van der Waals surface area contributed by atoms with Gasteiger partial charge in [-0.15, -0.1) is 0 Å². The Balaban J connectivity index is 1.90. The minimum Gasteiger partial charge on any atom is -0.491 e. The van der Waals surface area contributed by atoms with E-state index in [1.165, 1.54) is 0 Å². The molecule has 25 heavy (non-hydrogen) atoms. The average Bonchev–Trinajstić information content (AvgIpc) is 3.29. The SMILES string of the molecule is CC(C)Oc1cc(C(=O)N2CC(F)(F)C[C@H]2C(N)=O)ccc1C1CC1. The summed E-state index contributed by atoms with van der Waals surface area (Å²) in [6, 6.07) is 3.72. The summed E-state index contributed by atoms with van der Waals surface area (Å²) in [5, 5.41) is 0. The Morgan fingerprint density at radius 2 is 2.00 bits per heavy atom. The number of carbonyl (C=O) groups is 2. The number of nitrogens with zero attached hydrogens (tertiary/aromatic N) is 1. The zero-order valence-corrected chi connectivity index (χ0v) is 14.3. The number of carbonyl (C=O) groups excluding carboxylic acids is 2. The van der Waals surface area contributed by atoms with E-state index in [1.54, 1.807) is 12.1 Å². The van der Waals surface area contributed by atoms with Crippen molar-refractivity contribution in [3.05, 3.63) is 29.3 Å². The van der Waals surface area contributed by atoms with E-state index in [-0.39, 0.29) is 11.7 Å². The van der Waals surface area contributed by atoms with E-state index in [4.69, 9.17) is 10.5 Å². The van der Waals surface area contributed by atoms with Crippen LogP contribution in [-0.4, -0.2) is 41.3 Å². The van der Waals surface area contributed by atoms with Crippen LogP contribution in [0.25, 0.3) is 0 Å². The van der Waals surface area contributed by atoms with Crippen molar-refractivity contribution in [3.63, 3.8) is 0 Å². The minimum absolute atomic E-state index is 0.0719. The first-order valence-electron chi connectivity index (χ1n) is 8.46. The highest BCUT2D eigenvalue weighted by Gasteiger charge is 2.49. The van der Waals surface area contributed by atoms with E-state index in [2.05, 4.69) is 0 Å². The predicted octanol–water partition coefficient (Wildman–Crippen LogP) is 2.69. The largest absolute Gasteiger partial charge is 0.491 e. The third-order valence-corrected chi connectivity index (χ3v) is 4.50. The van der Waals surface area contributed by atoms with Crippen LogP contribution in [0.4, 0.5) is 8.78 Å². The number of ether oxygens (including phenoxy) is 1. The molecule has 1 saturated heterocycles. The van der Waals surface area contributed by atoms with Gasteiger partial charge < -0.3 is 15.4 Å². The second kappa shape index (κ2) is 6.28. The van der Waals surface area contributed by atoms with Crippen LogP contribution in [0.5, 0.6) is 5.75 Å². The summed E-state index contributed by atoms with van der Waals surface area (Å²) < 4.78 is 33.2. The molecule has 0 spiro atoms. The van der Waals surface area contributed by atoms with Gasteiger partial charge in [0.2, 0.25) is 5.91 Å². The van der Waals surface area contributed by atoms with Gasteiger partial charge in [-0.1, -0.05) is 6.07 Å². The maximum absolute atomic E-state index is 13.7. The van der Waals surface area contributed by atoms with Gasteiger partial charge >= 0.3 is 0 Å². The van der Waals surface area contributed by atoms with Crippen LogP contribution >= 0.6 is 0 Å². The van der Waals surface area contributed by atoms with Crippen molar-refractivity contribution in [2.45, 2.75) is 57.1 Å². The molecule has 1 aliphatic carbocycles. The number of likely N-dealkylation sites (tertiary alicyclic amines) is 1. The molecule has 2 amide bonds. The van der Waals surface area contributed by atoms with Crippen LogP contribution in [0, 0.1) is 0 Å². The normalized spacial score (nSPS) is 22.3. The second-order valence-corrected chi connectivity index (χ2v) is 7.10. The third kappa shape index (κ3) is 3.75. The quantitative estimate of drug-likeness (QED) is 0.885. The first-order chi connectivity index (χ1) is 11.7. The van der Waals surface area contributed by atoms with E-state index in [1.807, 2.05) is 19.9 Å². The summed E-state index contributed by atoms with van der Waals surface area (Å²) in [6.07, 6.45) is 1.34. The van der Waals surface area contributed by atoms with Crippen molar-refractivity contribution in [2.75, 3.05) is 6.54 Å². The van der Waals surface area contributed by atoms with Gasteiger partial charge in [-0.05, 0) is 50.3 Å². The lowest BCUT2D eigenvalue weighted by Crippen LogP contribution is -2.43. The fourth-order valence-electron chi connectivity index (χ4n) is 3.21. The van der Waals surface area contributed by atoms with E-state index in [0.29, 0.717) is 11.7 Å². The highest BCUT2D eigenvalue weighted by molar-refractivity contribution is 5.98. The van der Waals surface area contributed by atoms with E-state index < -0.39 is 36.7 Å². The lowest BCUT2D eigenvalue weighted by molar-refractivity contribution is -0.121. The van der Waals surface area contributed by atoms with Gasteiger partial charge in [-0.3, -0.25) is 9.59 Å². The fourth-order valence-corrected chi connectivity index (χ4v) is 3.21. The summed E-state index contributed by atoms with van der Waals surface area (Å²) in [4.78, 5) is 25.1. The molecule has 1 aromatic rings. The first kappa shape index (κ1) is 17.6. The number of amides is 2. The van der Waals surface area contributed by atoms with Gasteiger partial charge in [0.05, 0.1) is 12.6 Å².